The Labute approximate surface area is 84.7 Å². The Morgan fingerprint density at radius 2 is 1.93 bits per heavy atom. The summed E-state index contributed by atoms with van der Waals surface area (Å²) in [4.78, 5) is 0. The van der Waals surface area contributed by atoms with Gasteiger partial charge in [-0.25, -0.2) is 4.39 Å². The molecule has 0 bridgehead atoms. The molecule has 14 heavy (non-hydrogen) atoms. The van der Waals surface area contributed by atoms with Crippen molar-refractivity contribution in [2.75, 3.05) is 12.4 Å². The maximum atomic E-state index is 13.1. The van der Waals surface area contributed by atoms with Crippen molar-refractivity contribution in [3.8, 4) is 0 Å². The van der Waals surface area contributed by atoms with Crippen LogP contribution in [-0.2, 0) is 0 Å². The van der Waals surface area contributed by atoms with Crippen molar-refractivity contribution >= 4 is 11.9 Å². The van der Waals surface area contributed by atoms with Crippen molar-refractivity contribution in [2.24, 2.45) is 0 Å². The molecule has 0 heterocycles. The zero-order chi connectivity index (χ0) is 11.1. The van der Waals surface area contributed by atoms with Crippen LogP contribution < -0.4 is 5.32 Å². The van der Waals surface area contributed by atoms with Gasteiger partial charge in [-0.3, -0.25) is 0 Å². The van der Waals surface area contributed by atoms with Crippen LogP contribution in [0.2, 0.25) is 0 Å². The first-order valence-electron chi connectivity index (χ1n) is 4.67. The van der Waals surface area contributed by atoms with E-state index in [1.54, 1.807) is 20.0 Å². The molecule has 0 atom stereocenters. The molecule has 1 rings (SSSR count). The zero-order valence-electron chi connectivity index (χ0n) is 9.11. The monoisotopic (exact) mass is 196 g/mol. The molecule has 1 aromatic rings. The summed E-state index contributed by atoms with van der Waals surface area (Å²) in [5, 5.41) is 9.77. The van der Waals surface area contributed by atoms with Gasteiger partial charge in [0, 0.05) is 18.8 Å². The number of rotatable bonds is 2. The van der Waals surface area contributed by atoms with Crippen LogP contribution in [0.5, 0.6) is 0 Å². The molecule has 0 unspecified atom stereocenters. The predicted molar refractivity (Wildman–Crippen MR) is 59.9 cm³/mol. The SMILES string of the molecule is CC.CNc1c(F)cc(C)cc1C=N. The molecule has 0 saturated carbocycles. The number of anilines is 1. The first kappa shape index (κ1) is 12.6. The third-order valence-electron chi connectivity index (χ3n) is 1.67. The summed E-state index contributed by atoms with van der Waals surface area (Å²) in [5.41, 5.74) is 1.79. The average molecular weight is 196 g/mol. The van der Waals surface area contributed by atoms with E-state index in [4.69, 9.17) is 5.41 Å². The highest BCUT2D eigenvalue weighted by Gasteiger charge is 2.05. The number of hydrogen-bond acceptors (Lipinski definition) is 2. The van der Waals surface area contributed by atoms with Gasteiger partial charge in [0.2, 0.25) is 0 Å². The van der Waals surface area contributed by atoms with E-state index in [0.717, 1.165) is 11.8 Å². The Kier molecular flexibility index (Phi) is 5.53. The van der Waals surface area contributed by atoms with Gasteiger partial charge in [-0.15, -0.1) is 0 Å². The maximum Gasteiger partial charge on any atom is 0.147 e. The van der Waals surface area contributed by atoms with Crippen LogP contribution in [0.1, 0.15) is 25.0 Å². The topological polar surface area (TPSA) is 35.9 Å². The molecule has 1 aromatic carbocycles. The fourth-order valence-corrected chi connectivity index (χ4v) is 1.15. The normalized spacial score (nSPS) is 8.64. The smallest absolute Gasteiger partial charge is 0.147 e. The second-order valence-electron chi connectivity index (χ2n) is 2.61. The summed E-state index contributed by atoms with van der Waals surface area (Å²) in [6.45, 7) is 5.80. The predicted octanol–water partition coefficient (Wildman–Crippen LogP) is 3.20. The van der Waals surface area contributed by atoms with Crippen LogP contribution in [0.3, 0.4) is 0 Å². The molecule has 3 heteroatoms. The molecule has 0 amide bonds. The van der Waals surface area contributed by atoms with E-state index in [1.165, 1.54) is 6.07 Å². The summed E-state index contributed by atoms with van der Waals surface area (Å²) in [6, 6.07) is 3.21. The largest absolute Gasteiger partial charge is 0.385 e. The molecule has 0 fully saturated rings. The zero-order valence-corrected chi connectivity index (χ0v) is 9.11. The van der Waals surface area contributed by atoms with Crippen LogP contribution >= 0.6 is 0 Å². The van der Waals surface area contributed by atoms with E-state index in [2.05, 4.69) is 5.32 Å². The second kappa shape index (κ2) is 6.13. The molecular weight excluding hydrogens is 179 g/mol. The third kappa shape index (κ3) is 2.83. The molecule has 0 radical (unpaired) electrons. The molecule has 0 aliphatic carbocycles. The average Bonchev–Trinajstić information content (AvgIpc) is 2.19. The van der Waals surface area contributed by atoms with E-state index < -0.39 is 0 Å². The Bertz CT molecular complexity index is 308. The first-order valence-corrected chi connectivity index (χ1v) is 4.67. The van der Waals surface area contributed by atoms with E-state index >= 15 is 0 Å². The number of aryl methyl sites for hydroxylation is 1. The molecule has 2 nitrogen and oxygen atoms in total. The van der Waals surface area contributed by atoms with E-state index in [-0.39, 0.29) is 5.82 Å². The van der Waals surface area contributed by atoms with Gasteiger partial charge < -0.3 is 10.7 Å². The molecule has 0 aliphatic rings. The number of nitrogens with one attached hydrogen (secondary N) is 2. The van der Waals surface area contributed by atoms with Crippen molar-refractivity contribution in [3.63, 3.8) is 0 Å². The highest BCUT2D eigenvalue weighted by molar-refractivity contribution is 5.86. The lowest BCUT2D eigenvalue weighted by molar-refractivity contribution is 0.630. The Morgan fingerprint density at radius 1 is 1.36 bits per heavy atom. The minimum atomic E-state index is -0.309. The Hall–Kier alpha value is -1.38. The van der Waals surface area contributed by atoms with Crippen molar-refractivity contribution < 1.29 is 4.39 Å². The highest BCUT2D eigenvalue weighted by Crippen LogP contribution is 2.19. The summed E-state index contributed by atoms with van der Waals surface area (Å²) in [7, 11) is 1.64. The van der Waals surface area contributed by atoms with Gasteiger partial charge in [0.25, 0.3) is 0 Å². The van der Waals surface area contributed by atoms with E-state index in [0.29, 0.717) is 11.3 Å². The molecular formula is C11H17FN2. The summed E-state index contributed by atoms with van der Waals surface area (Å²) in [5.74, 6) is -0.309. The number of halogens is 1. The molecule has 0 spiro atoms. The maximum absolute atomic E-state index is 13.1. The Balaban J connectivity index is 0.000000791. The molecule has 0 aromatic heterocycles. The number of benzene rings is 1. The van der Waals surface area contributed by atoms with Gasteiger partial charge in [0.15, 0.2) is 0 Å². The van der Waals surface area contributed by atoms with Crippen molar-refractivity contribution in [1.29, 1.82) is 5.41 Å². The van der Waals surface area contributed by atoms with Crippen LogP contribution in [0.4, 0.5) is 10.1 Å². The summed E-state index contributed by atoms with van der Waals surface area (Å²) in [6.07, 6.45) is 1.14. The Morgan fingerprint density at radius 3 is 2.36 bits per heavy atom. The standard InChI is InChI=1S/C9H11FN2.C2H6/c1-6-3-7(5-11)9(12-2)8(10)4-6;1-2/h3-5,11-12H,1-2H3;1-2H3. The molecule has 78 valence electrons. The third-order valence-corrected chi connectivity index (χ3v) is 1.67. The van der Waals surface area contributed by atoms with Gasteiger partial charge in [-0.2, -0.15) is 0 Å². The fourth-order valence-electron chi connectivity index (χ4n) is 1.15. The van der Waals surface area contributed by atoms with Gasteiger partial charge in [-0.05, 0) is 24.6 Å². The summed E-state index contributed by atoms with van der Waals surface area (Å²) >= 11 is 0. The van der Waals surface area contributed by atoms with Crippen LogP contribution in [-0.4, -0.2) is 13.3 Å². The minimum absolute atomic E-state index is 0.309. The molecule has 2 N–H and O–H groups in total. The first-order chi connectivity index (χ1) is 6.69. The lowest BCUT2D eigenvalue weighted by atomic mass is 10.1. The van der Waals surface area contributed by atoms with Gasteiger partial charge >= 0.3 is 0 Å². The van der Waals surface area contributed by atoms with Crippen molar-refractivity contribution in [1.82, 2.24) is 0 Å². The van der Waals surface area contributed by atoms with E-state index in [1.807, 2.05) is 13.8 Å². The molecule has 0 aliphatic heterocycles. The van der Waals surface area contributed by atoms with Gasteiger partial charge in [0.1, 0.15) is 5.82 Å². The fraction of sp³-hybridized carbons (Fsp3) is 0.364. The highest BCUT2D eigenvalue weighted by atomic mass is 19.1. The number of hydrogen-bond donors (Lipinski definition) is 2. The minimum Gasteiger partial charge on any atom is -0.385 e. The van der Waals surface area contributed by atoms with Gasteiger partial charge in [0.05, 0.1) is 5.69 Å². The van der Waals surface area contributed by atoms with Crippen LogP contribution in [0.15, 0.2) is 12.1 Å². The lowest BCUT2D eigenvalue weighted by Gasteiger charge is -2.06. The quantitative estimate of drug-likeness (QED) is 0.700. The van der Waals surface area contributed by atoms with Crippen LogP contribution in [0.25, 0.3) is 0 Å². The van der Waals surface area contributed by atoms with E-state index in [9.17, 15) is 4.39 Å². The van der Waals surface area contributed by atoms with Crippen molar-refractivity contribution in [2.45, 2.75) is 20.8 Å². The van der Waals surface area contributed by atoms with Crippen LogP contribution in [0, 0.1) is 18.2 Å². The summed E-state index contributed by atoms with van der Waals surface area (Å²) < 4.78 is 13.1. The lowest BCUT2D eigenvalue weighted by Crippen LogP contribution is -1.98. The van der Waals surface area contributed by atoms with Gasteiger partial charge in [-0.1, -0.05) is 13.8 Å². The van der Waals surface area contributed by atoms with Crippen molar-refractivity contribution in [3.05, 3.63) is 29.1 Å². The second-order valence-corrected chi connectivity index (χ2v) is 2.61. The molecule has 0 saturated heterocycles.